The van der Waals surface area contributed by atoms with Gasteiger partial charge in [-0.1, -0.05) is 0 Å². The van der Waals surface area contributed by atoms with E-state index in [4.69, 9.17) is 15.3 Å². The van der Waals surface area contributed by atoms with Crippen molar-refractivity contribution in [1.29, 1.82) is 0 Å². The number of methoxy groups -OCH3 is 1. The fourth-order valence-electron chi connectivity index (χ4n) is 0.835. The average molecular weight is 186 g/mol. The number of aliphatic hydroxyl groups is 3. The Hall–Kier alpha value is -1.98. The van der Waals surface area contributed by atoms with Crippen molar-refractivity contribution in [2.24, 2.45) is 0 Å². The summed E-state index contributed by atoms with van der Waals surface area (Å²) in [4.78, 5) is 21.8. The Bertz CT molecular complexity index is 348. The lowest BCUT2D eigenvalue weighted by Crippen LogP contribution is -2.24. The summed E-state index contributed by atoms with van der Waals surface area (Å²) in [5.41, 5.74) is 0. The zero-order valence-electron chi connectivity index (χ0n) is 6.57. The highest BCUT2D eigenvalue weighted by molar-refractivity contribution is 6.21. The Morgan fingerprint density at radius 3 is 1.85 bits per heavy atom. The van der Waals surface area contributed by atoms with Crippen LogP contribution in [0.3, 0.4) is 0 Å². The minimum Gasteiger partial charge on any atom is -0.501 e. The van der Waals surface area contributed by atoms with E-state index in [1.54, 1.807) is 0 Å². The second-order valence-electron chi connectivity index (χ2n) is 2.24. The molecule has 0 fully saturated rings. The van der Waals surface area contributed by atoms with Crippen molar-refractivity contribution in [3.8, 4) is 0 Å². The Morgan fingerprint density at radius 2 is 1.38 bits per heavy atom. The SMILES string of the molecule is COC1=C(O)C(=O)C(O)=C(O)C1=O. The molecule has 13 heavy (non-hydrogen) atoms. The smallest absolute Gasteiger partial charge is 0.269 e. The van der Waals surface area contributed by atoms with Gasteiger partial charge in [0, 0.05) is 0 Å². The van der Waals surface area contributed by atoms with Gasteiger partial charge in [-0.05, 0) is 0 Å². The third-order valence-electron chi connectivity index (χ3n) is 1.49. The van der Waals surface area contributed by atoms with Crippen molar-refractivity contribution in [3.05, 3.63) is 23.0 Å². The minimum atomic E-state index is -1.24. The molecule has 6 heteroatoms. The molecular weight excluding hydrogens is 180 g/mol. The number of ketones is 2. The lowest BCUT2D eigenvalue weighted by Gasteiger charge is -2.12. The lowest BCUT2D eigenvalue weighted by atomic mass is 10.1. The molecule has 0 bridgehead atoms. The molecule has 70 valence electrons. The number of hydrogen-bond acceptors (Lipinski definition) is 6. The summed E-state index contributed by atoms with van der Waals surface area (Å²) in [7, 11) is 1.05. The Morgan fingerprint density at radius 1 is 0.923 bits per heavy atom. The standard InChI is InChI=1S/C7H6O6/c1-13-7-5(11)3(9)2(8)4(10)6(7)12/h8-9,12H,1H3. The molecule has 0 aromatic rings. The molecule has 0 aliphatic heterocycles. The van der Waals surface area contributed by atoms with Crippen LogP contribution in [0.25, 0.3) is 0 Å². The predicted octanol–water partition coefficient (Wildman–Crippen LogP) is -0.118. The first kappa shape index (κ1) is 9.11. The summed E-state index contributed by atoms with van der Waals surface area (Å²) < 4.78 is 4.36. The van der Waals surface area contributed by atoms with Crippen LogP contribution >= 0.6 is 0 Å². The van der Waals surface area contributed by atoms with E-state index >= 15 is 0 Å². The summed E-state index contributed by atoms with van der Waals surface area (Å²) in [6.45, 7) is 0. The first-order valence-corrected chi connectivity index (χ1v) is 3.19. The highest BCUT2D eigenvalue weighted by Gasteiger charge is 2.36. The van der Waals surface area contributed by atoms with Gasteiger partial charge < -0.3 is 20.1 Å². The van der Waals surface area contributed by atoms with Crippen molar-refractivity contribution in [2.45, 2.75) is 0 Å². The Balaban J connectivity index is 3.29. The van der Waals surface area contributed by atoms with E-state index in [0.29, 0.717) is 0 Å². The number of aliphatic hydroxyl groups excluding tert-OH is 3. The normalized spacial score (nSPS) is 18.2. The average Bonchev–Trinajstić information content (AvgIpc) is 2.13. The van der Waals surface area contributed by atoms with Crippen LogP contribution < -0.4 is 0 Å². The quantitative estimate of drug-likeness (QED) is 0.493. The number of carbonyl (C=O) groups is 2. The lowest BCUT2D eigenvalue weighted by molar-refractivity contribution is -0.124. The van der Waals surface area contributed by atoms with Crippen LogP contribution in [0.15, 0.2) is 23.0 Å². The van der Waals surface area contributed by atoms with E-state index in [1.807, 2.05) is 0 Å². The number of hydrogen-bond donors (Lipinski definition) is 3. The minimum absolute atomic E-state index is 0.680. The number of rotatable bonds is 1. The third kappa shape index (κ3) is 1.12. The molecular formula is C7H6O6. The van der Waals surface area contributed by atoms with Gasteiger partial charge in [-0.25, -0.2) is 0 Å². The molecule has 3 N–H and O–H groups in total. The Kier molecular flexibility index (Phi) is 1.97. The largest absolute Gasteiger partial charge is 0.501 e. The van der Waals surface area contributed by atoms with Gasteiger partial charge in [0.25, 0.3) is 11.6 Å². The summed E-state index contributed by atoms with van der Waals surface area (Å²) in [5, 5.41) is 26.7. The molecule has 0 heterocycles. The molecule has 0 spiro atoms. The van der Waals surface area contributed by atoms with Gasteiger partial charge in [0.15, 0.2) is 0 Å². The number of Topliss-reactive ketones (excluding diaryl/α,β-unsaturated/α-hetero) is 2. The maximum atomic E-state index is 11.0. The molecule has 0 amide bonds. The van der Waals surface area contributed by atoms with Crippen LogP contribution in [0.1, 0.15) is 0 Å². The van der Waals surface area contributed by atoms with Crippen molar-refractivity contribution in [2.75, 3.05) is 7.11 Å². The fraction of sp³-hybridized carbons (Fsp3) is 0.143. The van der Waals surface area contributed by atoms with Crippen LogP contribution in [0.4, 0.5) is 0 Å². The second kappa shape index (κ2) is 2.81. The molecule has 1 rings (SSSR count). The summed E-state index contributed by atoms with van der Waals surface area (Å²) in [6, 6.07) is 0. The van der Waals surface area contributed by atoms with Crippen LogP contribution in [-0.2, 0) is 14.3 Å². The van der Waals surface area contributed by atoms with E-state index in [1.165, 1.54) is 0 Å². The number of carbonyl (C=O) groups excluding carboxylic acids is 2. The Labute approximate surface area is 72.4 Å². The van der Waals surface area contributed by atoms with Crippen LogP contribution in [-0.4, -0.2) is 34.0 Å². The summed E-state index contributed by atoms with van der Waals surface area (Å²) in [6.07, 6.45) is 0. The highest BCUT2D eigenvalue weighted by atomic mass is 16.5. The van der Waals surface area contributed by atoms with Gasteiger partial charge in [-0.15, -0.1) is 0 Å². The molecule has 1 aliphatic rings. The van der Waals surface area contributed by atoms with Gasteiger partial charge in [0.05, 0.1) is 7.11 Å². The van der Waals surface area contributed by atoms with E-state index in [2.05, 4.69) is 4.74 Å². The third-order valence-corrected chi connectivity index (χ3v) is 1.49. The molecule has 6 nitrogen and oxygen atoms in total. The predicted molar refractivity (Wildman–Crippen MR) is 39.0 cm³/mol. The second-order valence-corrected chi connectivity index (χ2v) is 2.24. The van der Waals surface area contributed by atoms with Gasteiger partial charge in [0.1, 0.15) is 0 Å². The summed E-state index contributed by atoms with van der Waals surface area (Å²) >= 11 is 0. The highest BCUT2D eigenvalue weighted by Crippen LogP contribution is 2.20. The van der Waals surface area contributed by atoms with Crippen molar-refractivity contribution in [3.63, 3.8) is 0 Å². The molecule has 0 radical (unpaired) electrons. The van der Waals surface area contributed by atoms with E-state index in [-0.39, 0.29) is 0 Å². The van der Waals surface area contributed by atoms with E-state index < -0.39 is 34.6 Å². The molecule has 1 aliphatic carbocycles. The van der Waals surface area contributed by atoms with Crippen molar-refractivity contribution >= 4 is 11.6 Å². The van der Waals surface area contributed by atoms with Gasteiger partial charge >= 0.3 is 0 Å². The first-order chi connectivity index (χ1) is 6.00. The van der Waals surface area contributed by atoms with E-state index in [9.17, 15) is 9.59 Å². The fourth-order valence-corrected chi connectivity index (χ4v) is 0.835. The molecule has 0 saturated heterocycles. The maximum absolute atomic E-state index is 11.0. The molecule has 0 aromatic heterocycles. The van der Waals surface area contributed by atoms with Gasteiger partial charge in [-0.3, -0.25) is 9.59 Å². The monoisotopic (exact) mass is 186 g/mol. The molecule has 0 unspecified atom stereocenters. The van der Waals surface area contributed by atoms with Crippen LogP contribution in [0, 0.1) is 0 Å². The maximum Gasteiger partial charge on any atom is 0.269 e. The summed E-state index contributed by atoms with van der Waals surface area (Å²) in [5.74, 6) is -6.36. The zero-order valence-corrected chi connectivity index (χ0v) is 6.57. The van der Waals surface area contributed by atoms with Crippen molar-refractivity contribution < 1.29 is 29.6 Å². The molecule has 0 saturated carbocycles. The molecule has 0 aromatic carbocycles. The van der Waals surface area contributed by atoms with Gasteiger partial charge in [-0.2, -0.15) is 0 Å². The number of ether oxygens (including phenoxy) is 1. The zero-order chi connectivity index (χ0) is 10.2. The van der Waals surface area contributed by atoms with Gasteiger partial charge in [0.2, 0.25) is 23.0 Å². The van der Waals surface area contributed by atoms with Crippen LogP contribution in [0.2, 0.25) is 0 Å². The topological polar surface area (TPSA) is 104 Å². The van der Waals surface area contributed by atoms with Crippen LogP contribution in [0.5, 0.6) is 0 Å². The van der Waals surface area contributed by atoms with Crippen molar-refractivity contribution in [1.82, 2.24) is 0 Å². The first-order valence-electron chi connectivity index (χ1n) is 3.19. The van der Waals surface area contributed by atoms with E-state index in [0.717, 1.165) is 7.11 Å². The molecule has 0 atom stereocenters.